The van der Waals surface area contributed by atoms with E-state index < -0.39 is 11.8 Å². The third kappa shape index (κ3) is 3.97. The number of aromatic hydroxyl groups is 1. The minimum Gasteiger partial charge on any atom is -0.507 e. The Morgan fingerprint density at radius 2 is 1.88 bits per heavy atom. The molecule has 0 radical (unpaired) electrons. The lowest BCUT2D eigenvalue weighted by molar-refractivity contribution is 0.0727. The molecule has 0 atom stereocenters. The number of esters is 1. The van der Waals surface area contributed by atoms with Crippen molar-refractivity contribution in [1.29, 1.82) is 0 Å². The number of nitrogens with zero attached hydrogens (tertiary/aromatic N) is 1. The monoisotopic (exact) mass is 369 g/mol. The van der Waals surface area contributed by atoms with Crippen molar-refractivity contribution in [2.75, 3.05) is 0 Å². The van der Waals surface area contributed by atoms with Gasteiger partial charge in [0.2, 0.25) is 5.01 Å². The molecule has 3 aromatic rings. The molecule has 1 heterocycles. The number of aromatic nitrogens is 1. The summed E-state index contributed by atoms with van der Waals surface area (Å²) in [6.07, 6.45) is 5.25. The average Bonchev–Trinajstić information content (AvgIpc) is 3.09. The van der Waals surface area contributed by atoms with Crippen LogP contribution >= 0.6 is 11.3 Å². The first kappa shape index (κ1) is 17.8. The molecule has 0 fully saturated rings. The van der Waals surface area contributed by atoms with Gasteiger partial charge in [0, 0.05) is 11.1 Å². The third-order valence-corrected chi connectivity index (χ3v) is 4.63. The van der Waals surface area contributed by atoms with E-state index in [2.05, 4.69) is 4.98 Å². The molecule has 26 heavy (non-hydrogen) atoms. The van der Waals surface area contributed by atoms with Crippen LogP contribution in [0.1, 0.15) is 31.4 Å². The molecule has 0 saturated carbocycles. The van der Waals surface area contributed by atoms with Crippen LogP contribution in [0.25, 0.3) is 12.2 Å². The van der Waals surface area contributed by atoms with Gasteiger partial charge < -0.3 is 9.84 Å². The zero-order valence-corrected chi connectivity index (χ0v) is 15.0. The van der Waals surface area contributed by atoms with E-state index in [1.807, 2.05) is 38.1 Å². The minimum atomic E-state index is -0.698. The van der Waals surface area contributed by atoms with Gasteiger partial charge in [0.1, 0.15) is 5.75 Å². The van der Waals surface area contributed by atoms with Crippen LogP contribution in [0.3, 0.4) is 0 Å². The molecule has 2 aromatic carbocycles. The van der Waals surface area contributed by atoms with E-state index in [1.165, 1.54) is 18.2 Å². The maximum Gasteiger partial charge on any atom is 0.372 e. The summed E-state index contributed by atoms with van der Waals surface area (Å²) >= 11 is 1.15. The van der Waals surface area contributed by atoms with Gasteiger partial charge in [0.05, 0.1) is 0 Å². The van der Waals surface area contributed by atoms with Gasteiger partial charge in [-0.3, -0.25) is 0 Å². The van der Waals surface area contributed by atoms with Crippen molar-refractivity contribution in [3.8, 4) is 11.5 Å². The van der Waals surface area contributed by atoms with Crippen molar-refractivity contribution < 1.29 is 19.0 Å². The van der Waals surface area contributed by atoms with Crippen molar-refractivity contribution in [3.63, 3.8) is 0 Å². The van der Waals surface area contributed by atoms with Crippen molar-refractivity contribution >= 4 is 29.5 Å². The number of aryl methyl sites for hydroxylation is 2. The Hall–Kier alpha value is -2.99. The molecule has 1 N–H and O–H groups in total. The second-order valence-electron chi connectivity index (χ2n) is 5.72. The number of phenols is 1. The molecule has 1 aromatic heterocycles. The van der Waals surface area contributed by atoms with Gasteiger partial charge in [0.25, 0.3) is 0 Å². The van der Waals surface area contributed by atoms with Crippen LogP contribution < -0.4 is 4.74 Å². The van der Waals surface area contributed by atoms with E-state index in [1.54, 1.807) is 12.3 Å². The van der Waals surface area contributed by atoms with Gasteiger partial charge in [0.15, 0.2) is 11.6 Å². The first-order valence-corrected chi connectivity index (χ1v) is 8.66. The zero-order chi connectivity index (χ0) is 18.7. The lowest BCUT2D eigenvalue weighted by atomic mass is 10.1. The second kappa shape index (κ2) is 7.49. The van der Waals surface area contributed by atoms with Gasteiger partial charge >= 0.3 is 5.97 Å². The van der Waals surface area contributed by atoms with Crippen LogP contribution in [-0.4, -0.2) is 16.1 Å². The van der Waals surface area contributed by atoms with E-state index in [0.717, 1.165) is 32.9 Å². The molecule has 0 spiro atoms. The van der Waals surface area contributed by atoms with Crippen LogP contribution in [-0.2, 0) is 0 Å². The van der Waals surface area contributed by atoms with Crippen LogP contribution in [0, 0.1) is 19.7 Å². The van der Waals surface area contributed by atoms with Gasteiger partial charge in [-0.1, -0.05) is 18.2 Å². The number of para-hydroxylation sites is 1. The summed E-state index contributed by atoms with van der Waals surface area (Å²) in [5.74, 6) is -1.13. The predicted octanol–water partition coefficient (Wildman–Crippen LogP) is 4.99. The van der Waals surface area contributed by atoms with Crippen molar-refractivity contribution in [3.05, 3.63) is 75.0 Å². The predicted molar refractivity (Wildman–Crippen MR) is 100.0 cm³/mol. The Labute approximate surface area is 154 Å². The molecular formula is C20H16FNO3S. The van der Waals surface area contributed by atoms with Crippen LogP contribution in [0.4, 0.5) is 4.39 Å². The highest BCUT2D eigenvalue weighted by molar-refractivity contribution is 7.14. The highest BCUT2D eigenvalue weighted by Gasteiger charge is 2.15. The number of rotatable bonds is 4. The van der Waals surface area contributed by atoms with E-state index in [4.69, 9.17) is 4.74 Å². The highest BCUT2D eigenvalue weighted by atomic mass is 32.1. The van der Waals surface area contributed by atoms with Gasteiger partial charge in [-0.25, -0.2) is 14.2 Å². The van der Waals surface area contributed by atoms with E-state index in [-0.39, 0.29) is 16.5 Å². The number of carbonyl (C=O) groups excluding carboxylic acids is 1. The Balaban J connectivity index is 1.73. The normalized spacial score (nSPS) is 11.0. The number of carbonyl (C=O) groups is 1. The molecule has 4 nitrogen and oxygen atoms in total. The highest BCUT2D eigenvalue weighted by Crippen LogP contribution is 2.25. The molecule has 0 aliphatic rings. The third-order valence-electron chi connectivity index (χ3n) is 3.69. The van der Waals surface area contributed by atoms with Crippen molar-refractivity contribution in [2.45, 2.75) is 13.8 Å². The molecular weight excluding hydrogens is 353 g/mol. The van der Waals surface area contributed by atoms with Crippen LogP contribution in [0.2, 0.25) is 0 Å². The summed E-state index contributed by atoms with van der Waals surface area (Å²) in [5, 5.41) is 9.96. The first-order valence-electron chi connectivity index (χ1n) is 7.85. The second-order valence-corrected chi connectivity index (χ2v) is 6.79. The molecule has 0 unspecified atom stereocenters. The summed E-state index contributed by atoms with van der Waals surface area (Å²) in [7, 11) is 0. The smallest absolute Gasteiger partial charge is 0.372 e. The van der Waals surface area contributed by atoms with Crippen LogP contribution in [0.5, 0.6) is 11.5 Å². The molecule has 0 aliphatic carbocycles. The summed E-state index contributed by atoms with van der Waals surface area (Å²) in [6, 6.07) is 9.45. The van der Waals surface area contributed by atoms with Crippen molar-refractivity contribution in [1.82, 2.24) is 4.98 Å². The lowest BCUT2D eigenvalue weighted by Crippen LogP contribution is -2.08. The number of halogens is 1. The van der Waals surface area contributed by atoms with E-state index in [9.17, 15) is 14.3 Å². The topological polar surface area (TPSA) is 59.4 Å². The van der Waals surface area contributed by atoms with Gasteiger partial charge in [-0.15, -0.1) is 11.3 Å². The number of ether oxygens (including phenoxy) is 1. The fourth-order valence-electron chi connectivity index (χ4n) is 2.39. The number of hydrogen-bond donors (Lipinski definition) is 1. The largest absolute Gasteiger partial charge is 0.507 e. The molecule has 0 bridgehead atoms. The quantitative estimate of drug-likeness (QED) is 0.520. The number of phenolic OH excluding ortho intramolecular Hbond substituents is 1. The minimum absolute atomic E-state index is 0.125. The molecule has 0 aliphatic heterocycles. The van der Waals surface area contributed by atoms with Gasteiger partial charge in [-0.05, 0) is 60.9 Å². The first-order chi connectivity index (χ1) is 12.4. The summed E-state index contributed by atoms with van der Waals surface area (Å²) < 4.78 is 18.6. The average molecular weight is 369 g/mol. The SMILES string of the molecule is Cc1cc(C=Cc2cnc(C(=O)Oc3ccccc3F)s2)cc(C)c1O. The fourth-order valence-corrected chi connectivity index (χ4v) is 3.09. The standard InChI is InChI=1S/C20H16FNO3S/c1-12-9-14(10-13(2)18(12)23)7-8-15-11-22-19(26-15)20(24)25-17-6-4-3-5-16(17)21/h3-11,23H,1-2H3. The number of benzene rings is 2. The molecule has 0 amide bonds. The molecule has 0 saturated heterocycles. The number of thiazole rings is 1. The Morgan fingerprint density at radius 3 is 2.58 bits per heavy atom. The summed E-state index contributed by atoms with van der Waals surface area (Å²) in [5.41, 5.74) is 2.52. The van der Waals surface area contributed by atoms with E-state index >= 15 is 0 Å². The Morgan fingerprint density at radius 1 is 1.19 bits per heavy atom. The van der Waals surface area contributed by atoms with E-state index in [0.29, 0.717) is 0 Å². The van der Waals surface area contributed by atoms with Crippen molar-refractivity contribution in [2.24, 2.45) is 0 Å². The zero-order valence-electron chi connectivity index (χ0n) is 14.2. The molecule has 3 rings (SSSR count). The molecule has 132 valence electrons. The Bertz CT molecular complexity index is 971. The maximum atomic E-state index is 13.5. The summed E-state index contributed by atoms with van der Waals surface area (Å²) in [4.78, 5) is 16.9. The lowest BCUT2D eigenvalue weighted by Gasteiger charge is -2.04. The number of hydrogen-bond acceptors (Lipinski definition) is 5. The maximum absolute atomic E-state index is 13.5. The van der Waals surface area contributed by atoms with Crippen LogP contribution in [0.15, 0.2) is 42.6 Å². The van der Waals surface area contributed by atoms with Gasteiger partial charge in [-0.2, -0.15) is 0 Å². The summed E-state index contributed by atoms with van der Waals surface area (Å²) in [6.45, 7) is 3.67. The molecule has 6 heteroatoms. The fraction of sp³-hybridized carbons (Fsp3) is 0.100. The Kier molecular flexibility index (Phi) is 5.14.